The van der Waals surface area contributed by atoms with Crippen LogP contribution in [-0.4, -0.2) is 47.4 Å². The largest absolute Gasteiger partial charge is 0.466 e. The van der Waals surface area contributed by atoms with Crippen molar-refractivity contribution in [3.8, 4) is 0 Å². The summed E-state index contributed by atoms with van der Waals surface area (Å²) in [5.74, 6) is -0.0819. The first-order valence-corrected chi connectivity index (χ1v) is 31.7. The number of rotatable bonds is 59. The molecule has 0 bridgehead atoms. The Bertz CT molecular complexity index is 1150. The van der Waals surface area contributed by atoms with Gasteiger partial charge in [0.2, 0.25) is 5.91 Å². The van der Waals surface area contributed by atoms with Crippen molar-refractivity contribution in [1.29, 1.82) is 0 Å². The minimum Gasteiger partial charge on any atom is -0.466 e. The molecule has 0 aliphatic carbocycles. The first-order chi connectivity index (χ1) is 35.0. The van der Waals surface area contributed by atoms with Crippen LogP contribution in [-0.2, 0) is 14.3 Å². The molecule has 0 aromatic heterocycles. The summed E-state index contributed by atoms with van der Waals surface area (Å²) in [6.07, 6.45) is 75.8. The molecule has 2 atom stereocenters. The Kier molecular flexibility index (Phi) is 59.0. The summed E-state index contributed by atoms with van der Waals surface area (Å²) in [5, 5.41) is 23.4. The number of esters is 1. The predicted octanol–water partition coefficient (Wildman–Crippen LogP) is 20.0. The molecule has 71 heavy (non-hydrogen) atoms. The van der Waals surface area contributed by atoms with Gasteiger partial charge in [0.15, 0.2) is 0 Å². The fourth-order valence-electron chi connectivity index (χ4n) is 9.78. The molecule has 0 aromatic carbocycles. The lowest BCUT2D eigenvalue weighted by Crippen LogP contribution is -2.45. The van der Waals surface area contributed by atoms with E-state index >= 15 is 0 Å². The lowest BCUT2D eigenvalue weighted by molar-refractivity contribution is -0.143. The van der Waals surface area contributed by atoms with Gasteiger partial charge in [-0.2, -0.15) is 0 Å². The van der Waals surface area contributed by atoms with Crippen molar-refractivity contribution in [3.63, 3.8) is 0 Å². The Hall–Kier alpha value is -1.92. The summed E-state index contributed by atoms with van der Waals surface area (Å²) in [7, 11) is 0. The van der Waals surface area contributed by atoms with E-state index < -0.39 is 12.1 Å². The van der Waals surface area contributed by atoms with Crippen LogP contribution >= 0.6 is 0 Å². The normalized spacial score (nSPS) is 12.8. The Morgan fingerprint density at radius 3 is 1.13 bits per heavy atom. The second kappa shape index (κ2) is 60.6. The molecule has 0 fully saturated rings. The van der Waals surface area contributed by atoms with E-state index in [0.29, 0.717) is 25.9 Å². The smallest absolute Gasteiger partial charge is 0.305 e. The van der Waals surface area contributed by atoms with Crippen LogP contribution in [0.15, 0.2) is 36.5 Å². The quantitative estimate of drug-likeness (QED) is 0.0321. The fourth-order valence-corrected chi connectivity index (χ4v) is 9.78. The topological polar surface area (TPSA) is 95.9 Å². The summed E-state index contributed by atoms with van der Waals surface area (Å²) in [4.78, 5) is 24.6. The lowest BCUT2D eigenvalue weighted by Gasteiger charge is -2.22. The van der Waals surface area contributed by atoms with E-state index in [2.05, 4.69) is 55.6 Å². The Balaban J connectivity index is 3.48. The van der Waals surface area contributed by atoms with Crippen LogP contribution in [0.1, 0.15) is 341 Å². The van der Waals surface area contributed by atoms with Crippen molar-refractivity contribution >= 4 is 11.9 Å². The highest BCUT2D eigenvalue weighted by Gasteiger charge is 2.20. The number of allylic oxidation sites excluding steroid dienone is 6. The monoisotopic (exact) mass is 998 g/mol. The summed E-state index contributed by atoms with van der Waals surface area (Å²) in [6, 6.07) is -0.564. The second-order valence-electron chi connectivity index (χ2n) is 21.7. The number of hydrogen-bond acceptors (Lipinski definition) is 5. The summed E-state index contributed by atoms with van der Waals surface area (Å²) in [6.45, 7) is 4.90. The summed E-state index contributed by atoms with van der Waals surface area (Å²) >= 11 is 0. The SMILES string of the molecule is CCCCC/C=C\C/C=C\CCCCCCCCCC(=O)OCCCCCCCC/C=C\CCCCCC(=O)NC(CO)C(O)CCCCCCCCCCCCCCCCCCCCCCCCCC. The van der Waals surface area contributed by atoms with Crippen molar-refractivity contribution in [2.24, 2.45) is 0 Å². The molecule has 0 aliphatic heterocycles. The van der Waals surface area contributed by atoms with E-state index in [-0.39, 0.29) is 18.5 Å². The molecule has 3 N–H and O–H groups in total. The maximum Gasteiger partial charge on any atom is 0.305 e. The highest BCUT2D eigenvalue weighted by molar-refractivity contribution is 5.76. The zero-order valence-electron chi connectivity index (χ0n) is 47.7. The highest BCUT2D eigenvalue weighted by atomic mass is 16.5. The van der Waals surface area contributed by atoms with Crippen LogP contribution in [0.3, 0.4) is 0 Å². The van der Waals surface area contributed by atoms with Crippen molar-refractivity contribution in [2.45, 2.75) is 353 Å². The number of nitrogens with one attached hydrogen (secondary N) is 1. The third-order valence-electron chi connectivity index (χ3n) is 14.7. The first-order valence-electron chi connectivity index (χ1n) is 31.7. The number of unbranched alkanes of at least 4 members (excludes halogenated alkanes) is 42. The molecule has 0 saturated heterocycles. The van der Waals surface area contributed by atoms with Gasteiger partial charge in [0.25, 0.3) is 0 Å². The third-order valence-corrected chi connectivity index (χ3v) is 14.7. The third kappa shape index (κ3) is 57.2. The van der Waals surface area contributed by atoms with E-state index in [1.165, 1.54) is 231 Å². The number of aliphatic hydroxyl groups excluding tert-OH is 2. The Morgan fingerprint density at radius 2 is 0.704 bits per heavy atom. The zero-order valence-corrected chi connectivity index (χ0v) is 47.7. The van der Waals surface area contributed by atoms with Gasteiger partial charge in [-0.1, -0.05) is 281 Å². The fraction of sp³-hybridized carbons (Fsp3) is 0.877. The van der Waals surface area contributed by atoms with Crippen LogP contribution in [0.4, 0.5) is 0 Å². The first kappa shape index (κ1) is 69.1. The Morgan fingerprint density at radius 1 is 0.394 bits per heavy atom. The van der Waals surface area contributed by atoms with Gasteiger partial charge in [0.05, 0.1) is 25.4 Å². The molecule has 0 aromatic rings. The number of ether oxygens (including phenoxy) is 1. The van der Waals surface area contributed by atoms with E-state index in [4.69, 9.17) is 4.74 Å². The molecular formula is C65H123NO5. The molecule has 2 unspecified atom stereocenters. The van der Waals surface area contributed by atoms with Gasteiger partial charge in [-0.25, -0.2) is 0 Å². The predicted molar refractivity (Wildman–Crippen MR) is 310 cm³/mol. The van der Waals surface area contributed by atoms with Crippen molar-refractivity contribution in [1.82, 2.24) is 5.32 Å². The molecule has 0 rings (SSSR count). The number of carbonyl (C=O) groups excluding carboxylic acids is 2. The van der Waals surface area contributed by atoms with Crippen molar-refractivity contribution < 1.29 is 24.5 Å². The number of aliphatic hydroxyl groups is 2. The number of carbonyl (C=O) groups is 2. The average molecular weight is 999 g/mol. The van der Waals surface area contributed by atoms with Gasteiger partial charge in [-0.3, -0.25) is 9.59 Å². The van der Waals surface area contributed by atoms with Gasteiger partial charge in [0.1, 0.15) is 0 Å². The average Bonchev–Trinajstić information content (AvgIpc) is 3.37. The van der Waals surface area contributed by atoms with Crippen molar-refractivity contribution in [3.05, 3.63) is 36.5 Å². The zero-order chi connectivity index (χ0) is 51.4. The molecule has 0 aliphatic rings. The molecule has 0 heterocycles. The molecular weight excluding hydrogens is 875 g/mol. The maximum absolute atomic E-state index is 12.5. The minimum absolute atomic E-state index is 0.0196. The van der Waals surface area contributed by atoms with Crippen LogP contribution < -0.4 is 5.32 Å². The van der Waals surface area contributed by atoms with E-state index in [1.807, 2.05) is 0 Å². The van der Waals surface area contributed by atoms with Crippen LogP contribution in [0.2, 0.25) is 0 Å². The van der Waals surface area contributed by atoms with E-state index in [0.717, 1.165) is 77.0 Å². The Labute approximate surface area is 443 Å². The summed E-state index contributed by atoms with van der Waals surface area (Å²) in [5.41, 5.74) is 0. The molecule has 0 spiro atoms. The van der Waals surface area contributed by atoms with Crippen LogP contribution in [0.5, 0.6) is 0 Å². The van der Waals surface area contributed by atoms with Crippen LogP contribution in [0, 0.1) is 0 Å². The van der Waals surface area contributed by atoms with Crippen molar-refractivity contribution in [2.75, 3.05) is 13.2 Å². The lowest BCUT2D eigenvalue weighted by atomic mass is 10.0. The molecule has 1 amide bonds. The maximum atomic E-state index is 12.5. The number of amides is 1. The van der Waals surface area contributed by atoms with Gasteiger partial charge in [-0.05, 0) is 83.5 Å². The number of hydrogen-bond donors (Lipinski definition) is 3. The second-order valence-corrected chi connectivity index (χ2v) is 21.7. The molecule has 0 saturated carbocycles. The van der Waals surface area contributed by atoms with Gasteiger partial charge >= 0.3 is 5.97 Å². The molecule has 418 valence electrons. The summed E-state index contributed by atoms with van der Waals surface area (Å²) < 4.78 is 5.47. The van der Waals surface area contributed by atoms with Gasteiger partial charge < -0.3 is 20.3 Å². The van der Waals surface area contributed by atoms with Gasteiger partial charge in [0, 0.05) is 12.8 Å². The van der Waals surface area contributed by atoms with E-state index in [9.17, 15) is 19.8 Å². The highest BCUT2D eigenvalue weighted by Crippen LogP contribution is 2.18. The minimum atomic E-state index is -0.684. The standard InChI is InChI=1S/C65H123NO5/c1-3-5-7-9-11-13-15-17-19-21-22-23-24-25-26-27-29-30-33-37-41-45-49-53-57-63(68)62(61-67)66-64(69)58-54-50-46-42-38-34-32-36-40-44-48-52-56-60-71-65(70)59-55-51-47-43-39-35-31-28-20-18-16-14-12-10-8-6-4-2/h12,14,18,20,34,38,62-63,67-68H,3-11,13,15-17,19,21-33,35-37,39-61H2,1-2H3,(H,66,69)/b14-12-,20-18-,38-34-. The molecule has 0 radical (unpaired) electrons. The van der Waals surface area contributed by atoms with Gasteiger partial charge in [-0.15, -0.1) is 0 Å². The molecule has 6 nitrogen and oxygen atoms in total. The van der Waals surface area contributed by atoms with Crippen LogP contribution in [0.25, 0.3) is 0 Å². The molecule has 6 heteroatoms. The van der Waals surface area contributed by atoms with E-state index in [1.54, 1.807) is 0 Å².